The number of rotatable bonds is 8. The first-order chi connectivity index (χ1) is 9.81. The van der Waals surface area contributed by atoms with E-state index in [1.807, 2.05) is 37.5 Å². The molecular formula is C15H21N3O2. The van der Waals surface area contributed by atoms with E-state index in [4.69, 9.17) is 9.84 Å². The monoisotopic (exact) mass is 275 g/mol. The number of hydrogen-bond donors (Lipinski definition) is 2. The van der Waals surface area contributed by atoms with Crippen LogP contribution in [0.1, 0.15) is 18.1 Å². The second-order valence-electron chi connectivity index (χ2n) is 4.52. The Morgan fingerprint density at radius 3 is 2.95 bits per heavy atom. The summed E-state index contributed by atoms with van der Waals surface area (Å²) in [6.45, 7) is 4.85. The van der Waals surface area contributed by atoms with E-state index < -0.39 is 0 Å². The summed E-state index contributed by atoms with van der Waals surface area (Å²) in [6.07, 6.45) is 3.76. The molecule has 0 radical (unpaired) electrons. The highest BCUT2D eigenvalue weighted by atomic mass is 16.5. The van der Waals surface area contributed by atoms with Gasteiger partial charge in [0, 0.05) is 24.8 Å². The van der Waals surface area contributed by atoms with Gasteiger partial charge in [0.25, 0.3) is 0 Å². The topological polar surface area (TPSA) is 59.3 Å². The van der Waals surface area contributed by atoms with Crippen LogP contribution in [-0.4, -0.2) is 28.1 Å². The molecular weight excluding hydrogens is 254 g/mol. The van der Waals surface area contributed by atoms with Crippen LogP contribution in [0.3, 0.4) is 0 Å². The van der Waals surface area contributed by atoms with E-state index in [9.17, 15) is 0 Å². The van der Waals surface area contributed by atoms with Crippen molar-refractivity contribution in [1.29, 1.82) is 0 Å². The number of aliphatic hydroxyl groups excluding tert-OH is 1. The maximum absolute atomic E-state index is 8.84. The fraction of sp³-hybridized carbons (Fsp3) is 0.400. The Balaban J connectivity index is 1.81. The fourth-order valence-electron chi connectivity index (χ4n) is 1.99. The van der Waals surface area contributed by atoms with Gasteiger partial charge in [-0.3, -0.25) is 4.68 Å². The minimum Gasteiger partial charge on any atom is -0.494 e. The standard InChI is InChI=1S/C15H21N3O2/c1-2-20-15-5-3-4-13(8-15)9-16-10-14-11-17-18(12-14)6-7-19/h3-5,8,11-12,16,19H,2,6-7,9-10H2,1H3. The molecule has 0 unspecified atom stereocenters. The molecule has 0 aliphatic rings. The van der Waals surface area contributed by atoms with Crippen LogP contribution in [0.4, 0.5) is 0 Å². The molecule has 0 fully saturated rings. The van der Waals surface area contributed by atoms with E-state index in [-0.39, 0.29) is 6.61 Å². The molecule has 108 valence electrons. The van der Waals surface area contributed by atoms with Crippen molar-refractivity contribution in [3.05, 3.63) is 47.8 Å². The van der Waals surface area contributed by atoms with Gasteiger partial charge in [0.05, 0.1) is 26.0 Å². The molecule has 0 spiro atoms. The molecule has 1 aromatic heterocycles. The lowest BCUT2D eigenvalue weighted by Gasteiger charge is -2.07. The number of aromatic nitrogens is 2. The average molecular weight is 275 g/mol. The van der Waals surface area contributed by atoms with Crippen LogP contribution in [0, 0.1) is 0 Å². The molecule has 5 nitrogen and oxygen atoms in total. The lowest BCUT2D eigenvalue weighted by Crippen LogP contribution is -2.12. The van der Waals surface area contributed by atoms with Gasteiger partial charge in [-0.1, -0.05) is 12.1 Å². The second-order valence-corrected chi connectivity index (χ2v) is 4.52. The Kier molecular flexibility index (Phi) is 5.58. The zero-order valence-corrected chi connectivity index (χ0v) is 11.7. The summed E-state index contributed by atoms with van der Waals surface area (Å²) in [5.74, 6) is 0.905. The van der Waals surface area contributed by atoms with Crippen LogP contribution < -0.4 is 10.1 Å². The number of ether oxygens (including phenoxy) is 1. The molecule has 2 aromatic rings. The van der Waals surface area contributed by atoms with Crippen molar-refractivity contribution in [3.63, 3.8) is 0 Å². The van der Waals surface area contributed by atoms with Crippen molar-refractivity contribution in [2.45, 2.75) is 26.6 Å². The number of nitrogens with one attached hydrogen (secondary N) is 1. The van der Waals surface area contributed by atoms with E-state index in [0.29, 0.717) is 13.2 Å². The van der Waals surface area contributed by atoms with Crippen molar-refractivity contribution in [1.82, 2.24) is 15.1 Å². The van der Waals surface area contributed by atoms with Crippen LogP contribution >= 0.6 is 0 Å². The van der Waals surface area contributed by atoms with Crippen molar-refractivity contribution >= 4 is 0 Å². The summed E-state index contributed by atoms with van der Waals surface area (Å²) in [6, 6.07) is 8.09. The Morgan fingerprint density at radius 2 is 2.15 bits per heavy atom. The third-order valence-corrected chi connectivity index (χ3v) is 2.88. The first-order valence-corrected chi connectivity index (χ1v) is 6.86. The number of nitrogens with zero attached hydrogens (tertiary/aromatic N) is 2. The van der Waals surface area contributed by atoms with Gasteiger partial charge in [-0.15, -0.1) is 0 Å². The smallest absolute Gasteiger partial charge is 0.119 e. The van der Waals surface area contributed by atoms with Crippen LogP contribution in [0.5, 0.6) is 5.75 Å². The van der Waals surface area contributed by atoms with Crippen LogP contribution in [0.25, 0.3) is 0 Å². The van der Waals surface area contributed by atoms with E-state index in [2.05, 4.69) is 16.5 Å². The molecule has 20 heavy (non-hydrogen) atoms. The van der Waals surface area contributed by atoms with Crippen LogP contribution in [0.15, 0.2) is 36.7 Å². The van der Waals surface area contributed by atoms with Crippen molar-refractivity contribution in [2.24, 2.45) is 0 Å². The molecule has 5 heteroatoms. The average Bonchev–Trinajstić information content (AvgIpc) is 2.88. The Hall–Kier alpha value is -1.85. The van der Waals surface area contributed by atoms with Crippen molar-refractivity contribution < 1.29 is 9.84 Å². The Labute approximate surface area is 119 Å². The normalized spacial score (nSPS) is 10.7. The quantitative estimate of drug-likeness (QED) is 0.767. The summed E-state index contributed by atoms with van der Waals surface area (Å²) in [7, 11) is 0. The Morgan fingerprint density at radius 1 is 1.30 bits per heavy atom. The minimum atomic E-state index is 0.110. The number of aliphatic hydroxyl groups is 1. The number of benzene rings is 1. The zero-order chi connectivity index (χ0) is 14.2. The van der Waals surface area contributed by atoms with E-state index in [0.717, 1.165) is 24.4 Å². The van der Waals surface area contributed by atoms with Gasteiger partial charge in [-0.2, -0.15) is 5.10 Å². The summed E-state index contributed by atoms with van der Waals surface area (Å²) in [5.41, 5.74) is 2.30. The van der Waals surface area contributed by atoms with E-state index in [1.54, 1.807) is 4.68 Å². The van der Waals surface area contributed by atoms with Gasteiger partial charge in [-0.05, 0) is 24.6 Å². The molecule has 0 aliphatic heterocycles. The summed E-state index contributed by atoms with van der Waals surface area (Å²) in [4.78, 5) is 0. The lowest BCUT2D eigenvalue weighted by atomic mass is 10.2. The highest BCUT2D eigenvalue weighted by Crippen LogP contribution is 2.13. The van der Waals surface area contributed by atoms with E-state index in [1.165, 1.54) is 5.56 Å². The molecule has 1 aromatic carbocycles. The summed E-state index contributed by atoms with van der Waals surface area (Å²) < 4.78 is 7.22. The fourth-order valence-corrected chi connectivity index (χ4v) is 1.99. The molecule has 2 rings (SSSR count). The molecule has 0 atom stereocenters. The third-order valence-electron chi connectivity index (χ3n) is 2.88. The maximum atomic E-state index is 8.84. The van der Waals surface area contributed by atoms with E-state index >= 15 is 0 Å². The SMILES string of the molecule is CCOc1cccc(CNCc2cnn(CCO)c2)c1. The van der Waals surface area contributed by atoms with Crippen molar-refractivity contribution in [2.75, 3.05) is 13.2 Å². The van der Waals surface area contributed by atoms with Gasteiger partial charge in [0.2, 0.25) is 0 Å². The third kappa shape index (κ3) is 4.36. The molecule has 0 bridgehead atoms. The van der Waals surface area contributed by atoms with Crippen molar-refractivity contribution in [3.8, 4) is 5.75 Å². The van der Waals surface area contributed by atoms with Gasteiger partial charge < -0.3 is 15.2 Å². The molecule has 2 N–H and O–H groups in total. The largest absolute Gasteiger partial charge is 0.494 e. The predicted molar refractivity (Wildman–Crippen MR) is 77.5 cm³/mol. The van der Waals surface area contributed by atoms with Gasteiger partial charge >= 0.3 is 0 Å². The molecule has 0 aliphatic carbocycles. The lowest BCUT2D eigenvalue weighted by molar-refractivity contribution is 0.269. The van der Waals surface area contributed by atoms with Gasteiger partial charge in [0.1, 0.15) is 5.75 Å². The molecule has 0 saturated heterocycles. The Bertz CT molecular complexity index is 525. The summed E-state index contributed by atoms with van der Waals surface area (Å²) >= 11 is 0. The van der Waals surface area contributed by atoms with Gasteiger partial charge in [0.15, 0.2) is 0 Å². The van der Waals surface area contributed by atoms with Crippen LogP contribution in [0.2, 0.25) is 0 Å². The number of hydrogen-bond acceptors (Lipinski definition) is 4. The van der Waals surface area contributed by atoms with Gasteiger partial charge in [-0.25, -0.2) is 0 Å². The molecule has 1 heterocycles. The highest BCUT2D eigenvalue weighted by molar-refractivity contribution is 5.28. The van der Waals surface area contributed by atoms with Crippen LogP contribution in [-0.2, 0) is 19.6 Å². The second kappa shape index (κ2) is 7.67. The predicted octanol–water partition coefficient (Wildman–Crippen LogP) is 1.56. The minimum absolute atomic E-state index is 0.110. The zero-order valence-electron chi connectivity index (χ0n) is 11.7. The summed E-state index contributed by atoms with van der Waals surface area (Å²) in [5, 5.41) is 16.4. The first-order valence-electron chi connectivity index (χ1n) is 6.86. The molecule has 0 saturated carbocycles. The molecule has 0 amide bonds. The first kappa shape index (κ1) is 14.6. The maximum Gasteiger partial charge on any atom is 0.119 e. The highest BCUT2D eigenvalue weighted by Gasteiger charge is 1.99.